The van der Waals surface area contributed by atoms with E-state index in [9.17, 15) is 4.79 Å². The number of hydrogen-bond acceptors (Lipinski definition) is 7. The molecule has 0 saturated heterocycles. The van der Waals surface area contributed by atoms with Gasteiger partial charge >= 0.3 is 5.97 Å². The molecule has 9 nitrogen and oxygen atoms in total. The third kappa shape index (κ3) is 2.67. The number of hydrogen-bond donors (Lipinski definition) is 1. The van der Waals surface area contributed by atoms with Gasteiger partial charge in [0, 0.05) is 31.1 Å². The summed E-state index contributed by atoms with van der Waals surface area (Å²) in [6, 6.07) is -0.438. The molecule has 2 aromatic rings. The first-order chi connectivity index (χ1) is 11.5. The Hall–Kier alpha value is -2.68. The average Bonchev–Trinajstić information content (AvgIpc) is 3.14. The Balaban J connectivity index is 2.03. The predicted molar refractivity (Wildman–Crippen MR) is 85.3 cm³/mol. The van der Waals surface area contributed by atoms with E-state index >= 15 is 0 Å². The highest BCUT2D eigenvalue weighted by Crippen LogP contribution is 2.36. The second-order valence-corrected chi connectivity index (χ2v) is 5.53. The van der Waals surface area contributed by atoms with Crippen LogP contribution in [0.3, 0.4) is 0 Å². The largest absolute Gasteiger partial charge is 0.460 e. The van der Waals surface area contributed by atoms with Gasteiger partial charge in [-0.15, -0.1) is 0 Å². The Kier molecular flexibility index (Phi) is 4.34. The monoisotopic (exact) mass is 332 g/mol. The van der Waals surface area contributed by atoms with Gasteiger partial charge < -0.3 is 14.8 Å². The SMILES string of the molecule is COCCOC(=O)C1=C(C)Nc2ncnn2[C@@H]1c1cnn(C)c1C. The highest BCUT2D eigenvalue weighted by Gasteiger charge is 2.36. The molecule has 0 radical (unpaired) electrons. The molecule has 0 aliphatic carbocycles. The normalized spacial score (nSPS) is 16.8. The number of methoxy groups -OCH3 is 1. The zero-order valence-corrected chi connectivity index (χ0v) is 14.1. The number of ether oxygens (including phenoxy) is 2. The minimum absolute atomic E-state index is 0.190. The van der Waals surface area contributed by atoms with E-state index in [1.54, 1.807) is 22.7 Å². The van der Waals surface area contributed by atoms with Crippen LogP contribution in [0.2, 0.25) is 0 Å². The van der Waals surface area contributed by atoms with Gasteiger partial charge in [0.25, 0.3) is 0 Å². The van der Waals surface area contributed by atoms with Gasteiger partial charge in [0.1, 0.15) is 19.0 Å². The molecule has 0 saturated carbocycles. The Morgan fingerprint density at radius 3 is 2.79 bits per heavy atom. The highest BCUT2D eigenvalue weighted by molar-refractivity contribution is 5.92. The first-order valence-corrected chi connectivity index (χ1v) is 7.56. The van der Waals surface area contributed by atoms with E-state index in [1.807, 2.05) is 20.9 Å². The average molecular weight is 332 g/mol. The van der Waals surface area contributed by atoms with Crippen molar-refractivity contribution in [2.24, 2.45) is 7.05 Å². The maximum atomic E-state index is 12.7. The van der Waals surface area contributed by atoms with Crippen LogP contribution in [0.25, 0.3) is 0 Å². The van der Waals surface area contributed by atoms with Gasteiger partial charge in [-0.2, -0.15) is 15.2 Å². The maximum Gasteiger partial charge on any atom is 0.338 e. The summed E-state index contributed by atoms with van der Waals surface area (Å²) in [5.74, 6) is 0.167. The topological polar surface area (TPSA) is 96.1 Å². The van der Waals surface area contributed by atoms with E-state index in [2.05, 4.69) is 20.5 Å². The Labute approximate surface area is 139 Å². The molecule has 1 N–H and O–H groups in total. The molecule has 0 unspecified atom stereocenters. The van der Waals surface area contributed by atoms with Crippen molar-refractivity contribution in [2.45, 2.75) is 19.9 Å². The summed E-state index contributed by atoms with van der Waals surface area (Å²) in [5, 5.41) is 11.6. The van der Waals surface area contributed by atoms with Crippen LogP contribution in [0.5, 0.6) is 0 Å². The highest BCUT2D eigenvalue weighted by atomic mass is 16.6. The molecule has 1 aliphatic rings. The molecule has 1 aliphatic heterocycles. The molecule has 0 fully saturated rings. The van der Waals surface area contributed by atoms with Crippen molar-refractivity contribution in [3.05, 3.63) is 35.1 Å². The molecule has 1 atom stereocenters. The van der Waals surface area contributed by atoms with Crippen LogP contribution in [0.1, 0.15) is 24.2 Å². The zero-order chi connectivity index (χ0) is 17.3. The summed E-state index contributed by atoms with van der Waals surface area (Å²) in [4.78, 5) is 16.8. The van der Waals surface area contributed by atoms with Gasteiger partial charge in [0.2, 0.25) is 5.95 Å². The molecular formula is C15H20N6O3. The van der Waals surface area contributed by atoms with Crippen molar-refractivity contribution in [2.75, 3.05) is 25.6 Å². The number of allylic oxidation sites excluding steroid dienone is 1. The van der Waals surface area contributed by atoms with E-state index in [0.29, 0.717) is 23.8 Å². The maximum absolute atomic E-state index is 12.7. The molecular weight excluding hydrogens is 312 g/mol. The lowest BCUT2D eigenvalue weighted by molar-refractivity contribution is -0.140. The molecule has 3 rings (SSSR count). The summed E-state index contributed by atoms with van der Waals surface area (Å²) in [6.07, 6.45) is 3.19. The number of esters is 1. The van der Waals surface area contributed by atoms with Gasteiger partial charge in [-0.05, 0) is 13.8 Å². The van der Waals surface area contributed by atoms with Crippen LogP contribution in [-0.2, 0) is 21.3 Å². The van der Waals surface area contributed by atoms with Crippen LogP contribution in [0.4, 0.5) is 5.95 Å². The fourth-order valence-corrected chi connectivity index (χ4v) is 2.72. The van der Waals surface area contributed by atoms with Gasteiger partial charge in [-0.3, -0.25) is 4.68 Å². The molecule has 24 heavy (non-hydrogen) atoms. The van der Waals surface area contributed by atoms with E-state index in [-0.39, 0.29) is 6.61 Å². The summed E-state index contributed by atoms with van der Waals surface area (Å²) in [6.45, 7) is 4.31. The van der Waals surface area contributed by atoms with Crippen molar-refractivity contribution in [3.8, 4) is 0 Å². The number of aryl methyl sites for hydroxylation is 1. The number of anilines is 1. The van der Waals surface area contributed by atoms with Crippen molar-refractivity contribution in [1.29, 1.82) is 0 Å². The van der Waals surface area contributed by atoms with Gasteiger partial charge in [-0.1, -0.05) is 0 Å². The number of aromatic nitrogens is 5. The van der Waals surface area contributed by atoms with Crippen molar-refractivity contribution in [1.82, 2.24) is 24.5 Å². The van der Waals surface area contributed by atoms with Crippen LogP contribution < -0.4 is 5.32 Å². The number of rotatable bonds is 5. The molecule has 0 aromatic carbocycles. The third-order valence-corrected chi connectivity index (χ3v) is 4.10. The number of carbonyl (C=O) groups excluding carboxylic acids is 1. The smallest absolute Gasteiger partial charge is 0.338 e. The van der Waals surface area contributed by atoms with Gasteiger partial charge in [-0.25, -0.2) is 9.48 Å². The lowest BCUT2D eigenvalue weighted by Gasteiger charge is -2.27. The second-order valence-electron chi connectivity index (χ2n) is 5.53. The second kappa shape index (κ2) is 6.44. The molecule has 0 amide bonds. The first kappa shape index (κ1) is 16.2. The number of carbonyl (C=O) groups is 1. The Morgan fingerprint density at radius 1 is 1.33 bits per heavy atom. The van der Waals surface area contributed by atoms with Gasteiger partial charge in [0.05, 0.1) is 18.4 Å². The summed E-state index contributed by atoms with van der Waals surface area (Å²) in [5.41, 5.74) is 2.99. The fraction of sp³-hybridized carbons (Fsp3) is 0.467. The quantitative estimate of drug-likeness (QED) is 0.639. The van der Waals surface area contributed by atoms with Crippen molar-refractivity contribution >= 4 is 11.9 Å². The number of nitrogens with one attached hydrogen (secondary N) is 1. The number of nitrogens with zero attached hydrogens (tertiary/aromatic N) is 5. The van der Waals surface area contributed by atoms with Crippen molar-refractivity contribution < 1.29 is 14.3 Å². The summed E-state index contributed by atoms with van der Waals surface area (Å²) in [7, 11) is 3.42. The molecule has 0 spiro atoms. The first-order valence-electron chi connectivity index (χ1n) is 7.56. The molecule has 128 valence electrons. The lowest BCUT2D eigenvalue weighted by Crippen LogP contribution is -2.30. The molecule has 2 aromatic heterocycles. The minimum Gasteiger partial charge on any atom is -0.460 e. The van der Waals surface area contributed by atoms with E-state index < -0.39 is 12.0 Å². The zero-order valence-electron chi connectivity index (χ0n) is 14.1. The summed E-state index contributed by atoms with van der Waals surface area (Å²) >= 11 is 0. The van der Waals surface area contributed by atoms with Crippen molar-refractivity contribution in [3.63, 3.8) is 0 Å². The van der Waals surface area contributed by atoms with E-state index in [1.165, 1.54) is 6.33 Å². The van der Waals surface area contributed by atoms with E-state index in [4.69, 9.17) is 9.47 Å². The minimum atomic E-state index is -0.438. The molecule has 9 heteroatoms. The molecule has 0 bridgehead atoms. The number of fused-ring (bicyclic) bond motifs is 1. The van der Waals surface area contributed by atoms with Crippen LogP contribution in [-0.4, -0.2) is 50.8 Å². The lowest BCUT2D eigenvalue weighted by atomic mass is 9.96. The van der Waals surface area contributed by atoms with Crippen LogP contribution in [0, 0.1) is 6.92 Å². The van der Waals surface area contributed by atoms with Crippen LogP contribution >= 0.6 is 0 Å². The summed E-state index contributed by atoms with van der Waals surface area (Å²) < 4.78 is 13.7. The molecule has 3 heterocycles. The Bertz CT molecular complexity index is 791. The Morgan fingerprint density at radius 2 is 2.12 bits per heavy atom. The standard InChI is InChI=1S/C15H20N6O3/c1-9-12(14(22)24-6-5-23-4)13(11-7-17-20(3)10(11)2)21-15(19-9)16-8-18-21/h7-8,13H,5-6H2,1-4H3,(H,16,18,19)/t13-/m1/s1. The predicted octanol–water partition coefficient (Wildman–Crippen LogP) is 0.799. The van der Waals surface area contributed by atoms with Gasteiger partial charge in [0.15, 0.2) is 0 Å². The third-order valence-electron chi connectivity index (χ3n) is 4.10. The van der Waals surface area contributed by atoms with E-state index in [0.717, 1.165) is 11.3 Å². The van der Waals surface area contributed by atoms with Crippen LogP contribution in [0.15, 0.2) is 23.8 Å². The fourth-order valence-electron chi connectivity index (χ4n) is 2.72.